The molecule has 1 atom stereocenters. The van der Waals surface area contributed by atoms with E-state index < -0.39 is 11.5 Å². The average Bonchev–Trinajstić information content (AvgIpc) is 2.15. The van der Waals surface area contributed by atoms with Gasteiger partial charge in [-0.3, -0.25) is 5.32 Å². The Kier molecular flexibility index (Phi) is 3.62. The van der Waals surface area contributed by atoms with Crippen molar-refractivity contribution in [3.63, 3.8) is 0 Å². The van der Waals surface area contributed by atoms with Gasteiger partial charge in [0.15, 0.2) is 0 Å². The Bertz CT molecular complexity index is 420. The second-order valence-electron chi connectivity index (χ2n) is 5.62. The van der Waals surface area contributed by atoms with Crippen LogP contribution in [0.1, 0.15) is 38.8 Å². The standard InChI is InChI=1S/C14H21NO2/c1-10-8-6-7-9-11(10)14(5,12(16)17)15-13(2,3)4/h6-9,15H,1-5H3,(H,16,17). The molecule has 0 fully saturated rings. The van der Waals surface area contributed by atoms with Gasteiger partial charge in [-0.25, -0.2) is 4.79 Å². The first-order chi connectivity index (χ1) is 7.67. The fourth-order valence-corrected chi connectivity index (χ4v) is 2.12. The van der Waals surface area contributed by atoms with Gasteiger partial charge in [0.1, 0.15) is 5.54 Å². The fourth-order valence-electron chi connectivity index (χ4n) is 2.12. The highest BCUT2D eigenvalue weighted by Gasteiger charge is 2.39. The second-order valence-corrected chi connectivity index (χ2v) is 5.62. The lowest BCUT2D eigenvalue weighted by molar-refractivity contribution is -0.145. The van der Waals surface area contributed by atoms with Crippen molar-refractivity contribution in [2.75, 3.05) is 0 Å². The molecule has 3 heteroatoms. The van der Waals surface area contributed by atoms with Crippen LogP contribution in [-0.2, 0) is 10.3 Å². The van der Waals surface area contributed by atoms with Gasteiger partial charge in [-0.1, -0.05) is 24.3 Å². The summed E-state index contributed by atoms with van der Waals surface area (Å²) < 4.78 is 0. The SMILES string of the molecule is Cc1ccccc1C(C)(NC(C)(C)C)C(=O)O. The van der Waals surface area contributed by atoms with E-state index in [1.54, 1.807) is 6.92 Å². The topological polar surface area (TPSA) is 49.3 Å². The van der Waals surface area contributed by atoms with Crippen LogP contribution >= 0.6 is 0 Å². The number of rotatable bonds is 3. The number of benzene rings is 1. The molecule has 0 bridgehead atoms. The van der Waals surface area contributed by atoms with E-state index in [1.165, 1.54) is 0 Å². The largest absolute Gasteiger partial charge is 0.480 e. The van der Waals surface area contributed by atoms with Crippen LogP contribution in [0.3, 0.4) is 0 Å². The molecule has 0 spiro atoms. The molecule has 1 rings (SSSR count). The molecule has 0 aliphatic carbocycles. The van der Waals surface area contributed by atoms with E-state index >= 15 is 0 Å². The van der Waals surface area contributed by atoms with E-state index in [-0.39, 0.29) is 5.54 Å². The number of hydrogen-bond acceptors (Lipinski definition) is 2. The van der Waals surface area contributed by atoms with Crippen LogP contribution in [0.4, 0.5) is 0 Å². The molecule has 3 nitrogen and oxygen atoms in total. The van der Waals surface area contributed by atoms with Crippen molar-refractivity contribution in [1.29, 1.82) is 0 Å². The summed E-state index contributed by atoms with van der Waals surface area (Å²) in [5, 5.41) is 12.7. The molecule has 0 aliphatic rings. The number of carboxylic acid groups (broad SMARTS) is 1. The number of carbonyl (C=O) groups is 1. The molecule has 0 saturated heterocycles. The van der Waals surface area contributed by atoms with Crippen molar-refractivity contribution in [1.82, 2.24) is 5.32 Å². The van der Waals surface area contributed by atoms with Gasteiger partial charge in [-0.15, -0.1) is 0 Å². The Morgan fingerprint density at radius 1 is 1.18 bits per heavy atom. The highest BCUT2D eigenvalue weighted by molar-refractivity contribution is 5.81. The highest BCUT2D eigenvalue weighted by atomic mass is 16.4. The van der Waals surface area contributed by atoms with E-state index in [0.29, 0.717) is 0 Å². The molecule has 1 aromatic rings. The monoisotopic (exact) mass is 235 g/mol. The van der Waals surface area contributed by atoms with Crippen molar-refractivity contribution >= 4 is 5.97 Å². The summed E-state index contributed by atoms with van der Waals surface area (Å²) in [6.07, 6.45) is 0. The van der Waals surface area contributed by atoms with Crippen LogP contribution in [0.15, 0.2) is 24.3 Å². The minimum Gasteiger partial charge on any atom is -0.480 e. The van der Waals surface area contributed by atoms with Crippen molar-refractivity contribution < 1.29 is 9.90 Å². The lowest BCUT2D eigenvalue weighted by Crippen LogP contribution is -2.55. The van der Waals surface area contributed by atoms with E-state index in [0.717, 1.165) is 11.1 Å². The quantitative estimate of drug-likeness (QED) is 0.847. The first-order valence-electron chi connectivity index (χ1n) is 5.76. The minimum absolute atomic E-state index is 0.268. The smallest absolute Gasteiger partial charge is 0.328 e. The zero-order valence-corrected chi connectivity index (χ0v) is 11.2. The van der Waals surface area contributed by atoms with Crippen LogP contribution in [0.5, 0.6) is 0 Å². The number of aryl methyl sites for hydroxylation is 1. The van der Waals surface area contributed by atoms with Gasteiger partial charge < -0.3 is 5.11 Å². The molecule has 0 radical (unpaired) electrons. The Morgan fingerprint density at radius 2 is 1.71 bits per heavy atom. The molecule has 0 heterocycles. The third kappa shape index (κ3) is 3.07. The van der Waals surface area contributed by atoms with Gasteiger partial charge in [0.05, 0.1) is 0 Å². The first-order valence-corrected chi connectivity index (χ1v) is 5.76. The summed E-state index contributed by atoms with van der Waals surface area (Å²) in [4.78, 5) is 11.6. The Hall–Kier alpha value is -1.35. The van der Waals surface area contributed by atoms with Gasteiger partial charge in [0, 0.05) is 5.54 Å². The molecular formula is C14H21NO2. The van der Waals surface area contributed by atoms with Gasteiger partial charge in [0.2, 0.25) is 0 Å². The fraction of sp³-hybridized carbons (Fsp3) is 0.500. The summed E-state index contributed by atoms with van der Waals surface area (Å²) in [6.45, 7) is 9.54. The normalized spacial score (nSPS) is 15.4. The maximum atomic E-state index is 11.6. The summed E-state index contributed by atoms with van der Waals surface area (Å²) in [7, 11) is 0. The van der Waals surface area contributed by atoms with Crippen LogP contribution in [0.2, 0.25) is 0 Å². The van der Waals surface area contributed by atoms with Gasteiger partial charge in [-0.05, 0) is 45.7 Å². The summed E-state index contributed by atoms with van der Waals surface area (Å²) in [5.74, 6) is -0.860. The van der Waals surface area contributed by atoms with Crippen molar-refractivity contribution in [3.8, 4) is 0 Å². The molecule has 2 N–H and O–H groups in total. The van der Waals surface area contributed by atoms with Crippen molar-refractivity contribution in [3.05, 3.63) is 35.4 Å². The third-order valence-electron chi connectivity index (χ3n) is 2.74. The Morgan fingerprint density at radius 3 is 2.12 bits per heavy atom. The van der Waals surface area contributed by atoms with Gasteiger partial charge in [0.25, 0.3) is 0 Å². The molecule has 1 aromatic carbocycles. The van der Waals surface area contributed by atoms with Crippen LogP contribution in [0, 0.1) is 6.92 Å². The van der Waals surface area contributed by atoms with Crippen molar-refractivity contribution in [2.24, 2.45) is 0 Å². The molecule has 17 heavy (non-hydrogen) atoms. The molecule has 0 aliphatic heterocycles. The first kappa shape index (κ1) is 13.7. The summed E-state index contributed by atoms with van der Waals surface area (Å²) in [5.41, 5.74) is 0.454. The molecular weight excluding hydrogens is 214 g/mol. The maximum absolute atomic E-state index is 11.6. The predicted molar refractivity (Wildman–Crippen MR) is 69.1 cm³/mol. The minimum atomic E-state index is -1.07. The van der Waals surface area contributed by atoms with E-state index in [2.05, 4.69) is 5.32 Å². The number of nitrogens with one attached hydrogen (secondary N) is 1. The molecule has 1 unspecified atom stereocenters. The lowest BCUT2D eigenvalue weighted by Gasteiger charge is -2.35. The summed E-state index contributed by atoms with van der Waals surface area (Å²) in [6, 6.07) is 7.58. The molecule has 94 valence electrons. The molecule has 0 saturated carbocycles. The number of aliphatic carboxylic acids is 1. The van der Waals surface area contributed by atoms with Crippen molar-refractivity contribution in [2.45, 2.75) is 45.7 Å². The van der Waals surface area contributed by atoms with Crippen LogP contribution in [-0.4, -0.2) is 16.6 Å². The zero-order valence-electron chi connectivity index (χ0n) is 11.2. The summed E-state index contributed by atoms with van der Waals surface area (Å²) >= 11 is 0. The van der Waals surface area contributed by atoms with E-state index in [4.69, 9.17) is 0 Å². The van der Waals surface area contributed by atoms with Gasteiger partial charge in [-0.2, -0.15) is 0 Å². The second kappa shape index (κ2) is 4.49. The van der Waals surface area contributed by atoms with Crippen LogP contribution < -0.4 is 5.32 Å². The lowest BCUT2D eigenvalue weighted by atomic mass is 9.86. The van der Waals surface area contributed by atoms with E-state index in [1.807, 2.05) is 52.0 Å². The third-order valence-corrected chi connectivity index (χ3v) is 2.74. The van der Waals surface area contributed by atoms with E-state index in [9.17, 15) is 9.90 Å². The Balaban J connectivity index is 3.27. The average molecular weight is 235 g/mol. The number of hydrogen-bond donors (Lipinski definition) is 2. The predicted octanol–water partition coefficient (Wildman–Crippen LogP) is 2.68. The Labute approximate surface area is 103 Å². The number of carboxylic acids is 1. The van der Waals surface area contributed by atoms with Gasteiger partial charge >= 0.3 is 5.97 Å². The maximum Gasteiger partial charge on any atom is 0.328 e. The molecule has 0 amide bonds. The molecule has 0 aromatic heterocycles. The highest BCUT2D eigenvalue weighted by Crippen LogP contribution is 2.26. The zero-order chi connectivity index (χ0) is 13.3. The van der Waals surface area contributed by atoms with Crippen LogP contribution in [0.25, 0.3) is 0 Å².